The van der Waals surface area contributed by atoms with Gasteiger partial charge < -0.3 is 25.4 Å². The van der Waals surface area contributed by atoms with E-state index in [2.05, 4.69) is 25.9 Å². The molecule has 1 atom stereocenters. The van der Waals surface area contributed by atoms with E-state index in [0.717, 1.165) is 5.56 Å². The molecule has 0 aliphatic carbocycles. The first-order valence-corrected chi connectivity index (χ1v) is 10.2. The van der Waals surface area contributed by atoms with Crippen LogP contribution >= 0.6 is 0 Å². The van der Waals surface area contributed by atoms with Gasteiger partial charge in [-0.05, 0) is 36.8 Å². The van der Waals surface area contributed by atoms with Crippen molar-refractivity contribution < 1.29 is 19.1 Å². The van der Waals surface area contributed by atoms with Crippen LogP contribution in [0, 0.1) is 6.92 Å². The van der Waals surface area contributed by atoms with E-state index in [-0.39, 0.29) is 23.8 Å². The van der Waals surface area contributed by atoms with Crippen LogP contribution in [0.2, 0.25) is 0 Å². The maximum absolute atomic E-state index is 13.1. The van der Waals surface area contributed by atoms with Crippen LogP contribution in [-0.4, -0.2) is 36.0 Å². The van der Waals surface area contributed by atoms with Crippen molar-refractivity contribution in [1.29, 1.82) is 0 Å². The van der Waals surface area contributed by atoms with E-state index in [4.69, 9.17) is 9.47 Å². The van der Waals surface area contributed by atoms with E-state index in [0.29, 0.717) is 22.9 Å². The number of nitrogens with one attached hydrogen (secondary N) is 4. The number of aromatic nitrogens is 2. The van der Waals surface area contributed by atoms with Crippen LogP contribution in [-0.2, 0) is 9.59 Å². The van der Waals surface area contributed by atoms with Gasteiger partial charge >= 0.3 is 0 Å². The third-order valence-electron chi connectivity index (χ3n) is 5.24. The van der Waals surface area contributed by atoms with Gasteiger partial charge in [0.25, 0.3) is 5.56 Å². The first-order valence-electron chi connectivity index (χ1n) is 10.2. The van der Waals surface area contributed by atoms with E-state index < -0.39 is 23.3 Å². The second kappa shape index (κ2) is 9.03. The number of H-pyrrole nitrogens is 1. The number of nitrogens with zero attached hydrogens (tertiary/aromatic N) is 1. The van der Waals surface area contributed by atoms with Gasteiger partial charge in [-0.3, -0.25) is 19.4 Å². The Kier molecular flexibility index (Phi) is 5.99. The predicted molar refractivity (Wildman–Crippen MR) is 123 cm³/mol. The molecule has 1 aromatic heterocycles. The number of para-hydroxylation sites is 2. The highest BCUT2D eigenvalue weighted by Crippen LogP contribution is 2.33. The normalized spacial score (nSPS) is 14.6. The molecule has 0 saturated heterocycles. The average Bonchev–Trinajstić information content (AvgIpc) is 2.78. The third-order valence-corrected chi connectivity index (χ3v) is 5.24. The number of aromatic amines is 1. The Morgan fingerprint density at radius 1 is 1.06 bits per heavy atom. The molecule has 0 spiro atoms. The van der Waals surface area contributed by atoms with Gasteiger partial charge in [0.2, 0.25) is 17.8 Å². The van der Waals surface area contributed by atoms with Crippen molar-refractivity contribution in [1.82, 2.24) is 9.97 Å². The number of benzene rings is 2. The Morgan fingerprint density at radius 2 is 1.79 bits per heavy atom. The molecule has 170 valence electrons. The number of methoxy groups -OCH3 is 2. The Morgan fingerprint density at radius 3 is 2.55 bits per heavy atom. The molecule has 4 N–H and O–H groups in total. The molecule has 10 nitrogen and oxygen atoms in total. The van der Waals surface area contributed by atoms with E-state index in [9.17, 15) is 14.4 Å². The van der Waals surface area contributed by atoms with Gasteiger partial charge in [0.1, 0.15) is 17.3 Å². The topological polar surface area (TPSA) is 134 Å². The molecule has 2 aromatic carbocycles. The number of ether oxygens (including phenoxy) is 2. The van der Waals surface area contributed by atoms with Crippen LogP contribution in [0.1, 0.15) is 23.5 Å². The van der Waals surface area contributed by atoms with Crippen LogP contribution in [0.5, 0.6) is 11.5 Å². The minimum Gasteiger partial charge on any atom is -0.495 e. The standard InChI is InChI=1S/C23H23N5O5/c1-12-8-9-17(33-3)15(10-12)24-21(30)13-11-18(29)26-20-19(13)22(31)28-23(27-20)25-14-6-4-5-7-16(14)32-2/h4-10,13H,11H2,1-3H3,(H,24,30)(H3,25,26,27,28,29,31). The molecule has 0 radical (unpaired) electrons. The van der Waals surface area contributed by atoms with Crippen LogP contribution in [0.4, 0.5) is 23.1 Å². The van der Waals surface area contributed by atoms with Crippen molar-refractivity contribution in [2.24, 2.45) is 0 Å². The molecule has 4 rings (SSSR count). The zero-order chi connectivity index (χ0) is 23.5. The molecular weight excluding hydrogens is 426 g/mol. The fourth-order valence-electron chi connectivity index (χ4n) is 3.67. The van der Waals surface area contributed by atoms with Crippen molar-refractivity contribution >= 4 is 35.0 Å². The van der Waals surface area contributed by atoms with E-state index in [1.807, 2.05) is 13.0 Å². The molecule has 3 aromatic rings. The van der Waals surface area contributed by atoms with Crippen molar-refractivity contribution in [3.8, 4) is 11.5 Å². The third kappa shape index (κ3) is 4.49. The summed E-state index contributed by atoms with van der Waals surface area (Å²) in [7, 11) is 3.02. The summed E-state index contributed by atoms with van der Waals surface area (Å²) in [5.41, 5.74) is 1.50. The second-order valence-electron chi connectivity index (χ2n) is 7.50. The van der Waals surface area contributed by atoms with Gasteiger partial charge in [0.05, 0.1) is 37.1 Å². The molecule has 1 aliphatic rings. The Labute approximate surface area is 189 Å². The molecule has 2 amide bonds. The Bertz CT molecular complexity index is 1290. The monoisotopic (exact) mass is 449 g/mol. The maximum atomic E-state index is 13.1. The number of anilines is 4. The van der Waals surface area contributed by atoms with Crippen LogP contribution in [0.3, 0.4) is 0 Å². The lowest BCUT2D eigenvalue weighted by atomic mass is 9.92. The summed E-state index contributed by atoms with van der Waals surface area (Å²) in [5, 5.41) is 8.34. The Balaban J connectivity index is 1.66. The highest BCUT2D eigenvalue weighted by Gasteiger charge is 2.35. The molecule has 10 heteroatoms. The zero-order valence-corrected chi connectivity index (χ0v) is 18.3. The minimum absolute atomic E-state index is 0.0313. The average molecular weight is 449 g/mol. The summed E-state index contributed by atoms with van der Waals surface area (Å²) in [6.07, 6.45) is -0.184. The number of carbonyl (C=O) groups is 2. The van der Waals surface area contributed by atoms with Gasteiger partial charge in [0.15, 0.2) is 0 Å². The summed E-state index contributed by atoms with van der Waals surface area (Å²) < 4.78 is 10.6. The number of hydrogen-bond acceptors (Lipinski definition) is 7. The van der Waals surface area contributed by atoms with E-state index in [1.165, 1.54) is 14.2 Å². The molecule has 2 heterocycles. The lowest BCUT2D eigenvalue weighted by Gasteiger charge is -2.24. The Hall–Kier alpha value is -4.34. The maximum Gasteiger partial charge on any atom is 0.258 e. The lowest BCUT2D eigenvalue weighted by Crippen LogP contribution is -2.36. The summed E-state index contributed by atoms with van der Waals surface area (Å²) in [4.78, 5) is 45.4. The van der Waals surface area contributed by atoms with Crippen LogP contribution in [0.15, 0.2) is 47.3 Å². The van der Waals surface area contributed by atoms with Crippen molar-refractivity contribution in [3.05, 3.63) is 63.9 Å². The molecule has 33 heavy (non-hydrogen) atoms. The van der Waals surface area contributed by atoms with Crippen LogP contribution in [0.25, 0.3) is 0 Å². The highest BCUT2D eigenvalue weighted by atomic mass is 16.5. The summed E-state index contributed by atoms with van der Waals surface area (Å²) in [5.74, 6) is -0.790. The number of rotatable bonds is 6. The summed E-state index contributed by atoms with van der Waals surface area (Å²) >= 11 is 0. The van der Waals surface area contributed by atoms with Gasteiger partial charge in [0, 0.05) is 6.42 Å². The largest absolute Gasteiger partial charge is 0.495 e. The highest BCUT2D eigenvalue weighted by molar-refractivity contribution is 6.05. The number of fused-ring (bicyclic) bond motifs is 1. The number of aryl methyl sites for hydroxylation is 1. The molecule has 1 aliphatic heterocycles. The first kappa shape index (κ1) is 21.9. The van der Waals surface area contributed by atoms with E-state index >= 15 is 0 Å². The van der Waals surface area contributed by atoms with Crippen molar-refractivity contribution in [2.45, 2.75) is 19.3 Å². The van der Waals surface area contributed by atoms with Crippen molar-refractivity contribution in [2.75, 3.05) is 30.2 Å². The minimum atomic E-state index is -1.02. The van der Waals surface area contributed by atoms with Gasteiger partial charge in [-0.15, -0.1) is 0 Å². The molecule has 0 saturated carbocycles. The quantitative estimate of drug-likeness (QED) is 0.454. The predicted octanol–water partition coefficient (Wildman–Crippen LogP) is 2.90. The van der Waals surface area contributed by atoms with Gasteiger partial charge in [-0.2, -0.15) is 4.98 Å². The fraction of sp³-hybridized carbons (Fsp3) is 0.217. The summed E-state index contributed by atoms with van der Waals surface area (Å²) in [6, 6.07) is 12.4. The van der Waals surface area contributed by atoms with Gasteiger partial charge in [-0.25, -0.2) is 0 Å². The van der Waals surface area contributed by atoms with Crippen LogP contribution < -0.4 is 31.0 Å². The number of carbonyl (C=O) groups excluding carboxylic acids is 2. The fourth-order valence-corrected chi connectivity index (χ4v) is 3.67. The number of hydrogen-bond donors (Lipinski definition) is 4. The second-order valence-corrected chi connectivity index (χ2v) is 7.50. The van der Waals surface area contributed by atoms with Crippen molar-refractivity contribution in [3.63, 3.8) is 0 Å². The summed E-state index contributed by atoms with van der Waals surface area (Å²) in [6.45, 7) is 1.88. The molecule has 0 fully saturated rings. The first-order chi connectivity index (χ1) is 15.9. The molecule has 1 unspecified atom stereocenters. The smallest absolute Gasteiger partial charge is 0.258 e. The molecule has 0 bridgehead atoms. The zero-order valence-electron chi connectivity index (χ0n) is 18.3. The van der Waals surface area contributed by atoms with Gasteiger partial charge in [-0.1, -0.05) is 18.2 Å². The molecular formula is C23H23N5O5. The number of amides is 2. The SMILES string of the molecule is COc1ccc(C)cc1NC(=O)C1CC(=O)Nc2nc(Nc3ccccc3OC)[nH]c(=O)c21. The van der Waals surface area contributed by atoms with E-state index in [1.54, 1.807) is 36.4 Å². The lowest BCUT2D eigenvalue weighted by molar-refractivity contribution is -0.123.